The smallest absolute Gasteiger partial charge is 0.277 e. The molecule has 348 valence electrons. The van der Waals surface area contributed by atoms with E-state index in [1.165, 1.54) is 48.8 Å². The summed E-state index contributed by atoms with van der Waals surface area (Å²) in [7, 11) is 0. The number of para-hydroxylation sites is 2. The van der Waals surface area contributed by atoms with Gasteiger partial charge >= 0.3 is 24.7 Å². The van der Waals surface area contributed by atoms with Gasteiger partial charge < -0.3 is 0 Å². The number of pyridine rings is 2. The zero-order chi connectivity index (χ0) is 49.1. The zero-order valence-corrected chi connectivity index (χ0v) is 35.2. The van der Waals surface area contributed by atoms with E-state index in [0.29, 0.717) is 33.7 Å². The molecule has 6 nitrogen and oxygen atoms in total. The third-order valence-electron chi connectivity index (χ3n) is 12.1. The van der Waals surface area contributed by atoms with E-state index < -0.39 is 69.2 Å². The molecule has 0 spiro atoms. The average Bonchev–Trinajstić information content (AvgIpc) is 3.92. The second-order valence-electron chi connectivity index (χ2n) is 16.3. The Hall–Kier alpha value is -8.28. The van der Waals surface area contributed by atoms with Crippen LogP contribution in [0.2, 0.25) is 0 Å². The largest absolute Gasteiger partial charge is 0.417 e. The van der Waals surface area contributed by atoms with Gasteiger partial charge in [0.05, 0.1) is 22.3 Å². The van der Waals surface area contributed by atoms with Crippen LogP contribution >= 0.6 is 0 Å². The van der Waals surface area contributed by atoms with Crippen molar-refractivity contribution in [2.75, 3.05) is 0 Å². The van der Waals surface area contributed by atoms with E-state index in [1.54, 1.807) is 94.1 Å². The Labute approximate surface area is 386 Å². The first-order chi connectivity index (χ1) is 33.3. The maximum absolute atomic E-state index is 15.0. The quantitative estimate of drug-likeness (QED) is 0.165. The fourth-order valence-corrected chi connectivity index (χ4v) is 9.17. The molecule has 0 aliphatic heterocycles. The summed E-state index contributed by atoms with van der Waals surface area (Å²) in [6.45, 7) is 0. The summed E-state index contributed by atoms with van der Waals surface area (Å²) in [5.74, 6) is 0.248. The van der Waals surface area contributed by atoms with Gasteiger partial charge in [-0.3, -0.25) is 9.13 Å². The van der Waals surface area contributed by atoms with E-state index in [0.717, 1.165) is 0 Å². The van der Waals surface area contributed by atoms with Crippen LogP contribution in [-0.4, -0.2) is 29.1 Å². The molecule has 0 saturated heterocycles. The number of benzene rings is 6. The monoisotopic (exact) mass is 962 g/mol. The molecule has 10 aromatic rings. The first-order valence-corrected chi connectivity index (χ1v) is 21.0. The first-order valence-electron chi connectivity index (χ1n) is 21.0. The molecule has 4 aromatic heterocycles. The molecular formula is C52H26F12N6. The fourth-order valence-electron chi connectivity index (χ4n) is 9.17. The zero-order valence-electron chi connectivity index (χ0n) is 35.2. The Morgan fingerprint density at radius 3 is 0.957 bits per heavy atom. The van der Waals surface area contributed by atoms with Gasteiger partial charge in [0.15, 0.2) is 11.3 Å². The minimum absolute atomic E-state index is 0.120. The summed E-state index contributed by atoms with van der Waals surface area (Å²) in [5, 5.41) is 0. The van der Waals surface area contributed by atoms with Crippen LogP contribution in [0.3, 0.4) is 0 Å². The van der Waals surface area contributed by atoms with Gasteiger partial charge in [0, 0.05) is 34.9 Å². The highest BCUT2D eigenvalue weighted by Crippen LogP contribution is 2.55. The summed E-state index contributed by atoms with van der Waals surface area (Å²) in [6.07, 6.45) is -19.5. The minimum atomic E-state index is -5.63. The topological polar surface area (TPSA) is 61.4 Å². The van der Waals surface area contributed by atoms with Crippen molar-refractivity contribution in [1.29, 1.82) is 0 Å². The minimum Gasteiger partial charge on any atom is -0.277 e. The normalized spacial score (nSPS) is 12.9. The summed E-state index contributed by atoms with van der Waals surface area (Å²) in [4.78, 5) is 18.4. The highest BCUT2D eigenvalue weighted by Gasteiger charge is 2.46. The second-order valence-corrected chi connectivity index (χ2v) is 16.3. The number of fused-ring (bicyclic) bond motifs is 10. The van der Waals surface area contributed by atoms with Gasteiger partial charge in [0.2, 0.25) is 0 Å². The van der Waals surface area contributed by atoms with E-state index in [9.17, 15) is 0 Å². The Balaban J connectivity index is 1.29. The molecule has 4 heterocycles. The van der Waals surface area contributed by atoms with Gasteiger partial charge in [-0.05, 0) is 129 Å². The Morgan fingerprint density at radius 2 is 0.629 bits per heavy atom. The van der Waals surface area contributed by atoms with Gasteiger partial charge in [-0.15, -0.1) is 0 Å². The van der Waals surface area contributed by atoms with Crippen molar-refractivity contribution in [3.63, 3.8) is 0 Å². The van der Waals surface area contributed by atoms with Crippen molar-refractivity contribution in [3.05, 3.63) is 180 Å². The molecule has 0 fully saturated rings. The molecular weight excluding hydrogens is 937 g/mol. The van der Waals surface area contributed by atoms with Gasteiger partial charge in [-0.1, -0.05) is 60.7 Å². The molecule has 0 N–H and O–H groups in total. The molecule has 18 heteroatoms. The summed E-state index contributed by atoms with van der Waals surface area (Å²) in [6, 6.07) is 32.4. The number of imidazole rings is 2. The van der Waals surface area contributed by atoms with Crippen LogP contribution in [0.4, 0.5) is 52.7 Å². The Morgan fingerprint density at radius 1 is 0.314 bits per heavy atom. The van der Waals surface area contributed by atoms with Crippen LogP contribution in [0.5, 0.6) is 0 Å². The maximum atomic E-state index is 15.0. The fraction of sp³-hybridized carbons (Fsp3) is 0.0769. The number of hydrogen-bond donors (Lipinski definition) is 0. The van der Waals surface area contributed by atoms with Crippen LogP contribution in [0, 0.1) is 0 Å². The number of halogens is 12. The number of alkyl halides is 12. The molecule has 0 bridgehead atoms. The molecule has 0 atom stereocenters. The van der Waals surface area contributed by atoms with Gasteiger partial charge in [0.1, 0.15) is 22.7 Å². The van der Waals surface area contributed by atoms with Crippen LogP contribution in [0.1, 0.15) is 22.3 Å². The van der Waals surface area contributed by atoms with Gasteiger partial charge in [-0.2, -0.15) is 52.7 Å². The van der Waals surface area contributed by atoms with E-state index in [4.69, 9.17) is 9.97 Å². The summed E-state index contributed by atoms with van der Waals surface area (Å²) in [5.41, 5.74) is -9.23. The van der Waals surface area contributed by atoms with Gasteiger partial charge in [0.25, 0.3) is 0 Å². The third-order valence-corrected chi connectivity index (χ3v) is 12.1. The first kappa shape index (κ1) is 44.2. The Kier molecular flexibility index (Phi) is 9.88. The molecule has 0 unspecified atom stereocenters. The number of nitrogens with zero attached hydrogens (tertiary/aromatic N) is 6. The van der Waals surface area contributed by atoms with Crippen LogP contribution in [-0.2, 0) is 24.7 Å². The number of aromatic nitrogens is 6. The molecule has 0 radical (unpaired) electrons. The lowest BCUT2D eigenvalue weighted by molar-refractivity contribution is -0.162. The number of rotatable bonds is 4. The SMILES string of the molecule is FC(F)(F)c1cc2c(cc1C(F)(F)F)-c1cc(-c3nc4cccnc4n3-c3ccccc3)ccc1-c1cc(C(F)(F)F)c(C(F)(F)F)cc1-c1cc(-c3nc4cccnc4n3-c3ccccc3)ccc1-2. The number of hydrogen-bond acceptors (Lipinski definition) is 4. The highest BCUT2D eigenvalue weighted by molar-refractivity contribution is 6.05. The second kappa shape index (κ2) is 15.6. The lowest BCUT2D eigenvalue weighted by Crippen LogP contribution is -2.18. The van der Waals surface area contributed by atoms with Crippen LogP contribution in [0.25, 0.3) is 101 Å². The average molecular weight is 963 g/mol. The van der Waals surface area contributed by atoms with Crippen molar-refractivity contribution in [2.45, 2.75) is 24.7 Å². The van der Waals surface area contributed by atoms with Crippen molar-refractivity contribution < 1.29 is 52.7 Å². The predicted octanol–water partition coefficient (Wildman–Crippen LogP) is 15.5. The lowest BCUT2D eigenvalue weighted by atomic mass is 9.77. The standard InChI is InChI=1S/C52H26F12N6/c53-49(54,55)39-23-35-31-17-15-27(45-67-43-13-7-19-65-47(43)69(45)29-9-3-1-4-10-29)21-33(31)37-25-41(51(59,60)61)40(50(56,57)58)24-36(37)32-18-16-28(22-34(32)38(35)26-42(39)52(62,63)64)46-68-44-14-8-20-66-48(44)70(46)30-11-5-2-6-12-30/h1-26H. The molecule has 0 amide bonds. The van der Waals surface area contributed by atoms with Crippen molar-refractivity contribution in [3.8, 4) is 78.7 Å². The molecule has 70 heavy (non-hydrogen) atoms. The highest BCUT2D eigenvalue weighted by atomic mass is 19.4. The maximum Gasteiger partial charge on any atom is 0.417 e. The van der Waals surface area contributed by atoms with Crippen molar-refractivity contribution >= 4 is 22.3 Å². The van der Waals surface area contributed by atoms with Crippen LogP contribution in [0.15, 0.2) is 158 Å². The molecule has 11 rings (SSSR count). The van der Waals surface area contributed by atoms with E-state index in [2.05, 4.69) is 9.97 Å². The van der Waals surface area contributed by atoms with Crippen molar-refractivity contribution in [1.82, 2.24) is 29.1 Å². The Bertz CT molecular complexity index is 3470. The molecule has 1 aliphatic rings. The van der Waals surface area contributed by atoms with E-state index in [1.807, 2.05) is 0 Å². The summed E-state index contributed by atoms with van der Waals surface area (Å²) < 4.78 is 183. The van der Waals surface area contributed by atoms with Gasteiger partial charge in [-0.25, -0.2) is 19.9 Å². The molecule has 1 aliphatic carbocycles. The van der Waals surface area contributed by atoms with Crippen LogP contribution < -0.4 is 0 Å². The molecule has 6 aromatic carbocycles. The summed E-state index contributed by atoms with van der Waals surface area (Å²) >= 11 is 0. The lowest BCUT2D eigenvalue weighted by Gasteiger charge is -2.28. The van der Waals surface area contributed by atoms with E-state index >= 15 is 52.7 Å². The predicted molar refractivity (Wildman–Crippen MR) is 237 cm³/mol. The third kappa shape index (κ3) is 7.32. The molecule has 0 saturated carbocycles. The van der Waals surface area contributed by atoms with Crippen molar-refractivity contribution in [2.24, 2.45) is 0 Å². The van der Waals surface area contributed by atoms with E-state index in [-0.39, 0.29) is 69.3 Å².